The molecule has 5 heteroatoms. The fourth-order valence-electron chi connectivity index (χ4n) is 3.98. The zero-order valence-electron chi connectivity index (χ0n) is 11.9. The first kappa shape index (κ1) is 13.1. The third-order valence-electron chi connectivity index (χ3n) is 5.11. The van der Waals surface area contributed by atoms with E-state index in [4.69, 9.17) is 4.42 Å². The van der Waals surface area contributed by atoms with Gasteiger partial charge < -0.3 is 14.4 Å². The van der Waals surface area contributed by atoms with Gasteiger partial charge in [0.2, 0.25) is 0 Å². The van der Waals surface area contributed by atoms with Gasteiger partial charge in [-0.3, -0.25) is 4.57 Å². The molecule has 1 saturated heterocycles. The van der Waals surface area contributed by atoms with E-state index in [1.54, 1.807) is 4.57 Å². The van der Waals surface area contributed by atoms with Crippen LogP contribution in [0.2, 0.25) is 0 Å². The summed E-state index contributed by atoms with van der Waals surface area (Å²) in [6, 6.07) is 7.54. The molecule has 0 spiro atoms. The van der Waals surface area contributed by atoms with Gasteiger partial charge in [-0.2, -0.15) is 0 Å². The predicted octanol–water partition coefficient (Wildman–Crippen LogP) is 1.30. The van der Waals surface area contributed by atoms with Crippen molar-refractivity contribution in [1.82, 2.24) is 9.47 Å². The summed E-state index contributed by atoms with van der Waals surface area (Å²) >= 11 is 0. The van der Waals surface area contributed by atoms with E-state index in [2.05, 4.69) is 4.90 Å². The number of para-hydroxylation sites is 2. The molecule has 5 nitrogen and oxygen atoms in total. The van der Waals surface area contributed by atoms with Crippen molar-refractivity contribution in [2.24, 2.45) is 11.8 Å². The summed E-state index contributed by atoms with van der Waals surface area (Å²) in [5.74, 6) is 0.788. The van der Waals surface area contributed by atoms with E-state index in [0.29, 0.717) is 24.0 Å². The standard InChI is InChI=1S/C16H20N2O3/c19-14-6-5-11-9-17(10-12(11)14)7-8-18-13-3-1-2-4-15(13)21-16(18)20/h1-4,11-12,14,19H,5-10H2. The van der Waals surface area contributed by atoms with Crippen LogP contribution in [0.1, 0.15) is 12.8 Å². The molecule has 4 rings (SSSR count). The maximum Gasteiger partial charge on any atom is 0.419 e. The van der Waals surface area contributed by atoms with Crippen LogP contribution in [0.3, 0.4) is 0 Å². The average Bonchev–Trinajstić information content (AvgIpc) is 3.11. The van der Waals surface area contributed by atoms with Gasteiger partial charge in [0.1, 0.15) is 0 Å². The van der Waals surface area contributed by atoms with E-state index < -0.39 is 0 Å². The van der Waals surface area contributed by atoms with Crippen LogP contribution in [0, 0.1) is 11.8 Å². The number of hydrogen-bond donors (Lipinski definition) is 1. The average molecular weight is 288 g/mol. The molecule has 1 aromatic carbocycles. The Balaban J connectivity index is 1.47. The number of fused-ring (bicyclic) bond motifs is 2. The highest BCUT2D eigenvalue weighted by atomic mass is 16.4. The highest BCUT2D eigenvalue weighted by Crippen LogP contribution is 2.37. The van der Waals surface area contributed by atoms with Crippen LogP contribution in [0.15, 0.2) is 33.5 Å². The molecule has 2 heterocycles. The molecule has 2 aromatic rings. The van der Waals surface area contributed by atoms with Gasteiger partial charge in [-0.25, -0.2) is 4.79 Å². The van der Waals surface area contributed by atoms with E-state index in [-0.39, 0.29) is 11.9 Å². The highest BCUT2D eigenvalue weighted by Gasteiger charge is 2.41. The molecular formula is C16H20N2O3. The van der Waals surface area contributed by atoms with Crippen LogP contribution in [-0.2, 0) is 6.54 Å². The minimum atomic E-state index is -0.282. The zero-order valence-corrected chi connectivity index (χ0v) is 11.9. The largest absolute Gasteiger partial charge is 0.419 e. The summed E-state index contributed by atoms with van der Waals surface area (Å²) in [6.07, 6.45) is 1.96. The van der Waals surface area contributed by atoms with Crippen molar-refractivity contribution in [3.05, 3.63) is 34.8 Å². The fourth-order valence-corrected chi connectivity index (χ4v) is 3.98. The lowest BCUT2D eigenvalue weighted by atomic mass is 10.00. The van der Waals surface area contributed by atoms with E-state index in [9.17, 15) is 9.90 Å². The van der Waals surface area contributed by atoms with E-state index in [0.717, 1.165) is 38.0 Å². The number of oxazole rings is 1. The number of aliphatic hydroxyl groups is 1. The summed E-state index contributed by atoms with van der Waals surface area (Å²) in [5.41, 5.74) is 1.51. The van der Waals surface area contributed by atoms with Gasteiger partial charge in [0.15, 0.2) is 5.58 Å². The number of nitrogens with zero attached hydrogens (tertiary/aromatic N) is 2. The van der Waals surface area contributed by atoms with Crippen molar-refractivity contribution in [3.63, 3.8) is 0 Å². The number of hydrogen-bond acceptors (Lipinski definition) is 4. The van der Waals surface area contributed by atoms with Crippen LogP contribution < -0.4 is 5.76 Å². The van der Waals surface area contributed by atoms with Crippen molar-refractivity contribution in [1.29, 1.82) is 0 Å². The molecule has 2 aliphatic rings. The molecule has 1 N–H and O–H groups in total. The van der Waals surface area contributed by atoms with Crippen molar-refractivity contribution in [3.8, 4) is 0 Å². The van der Waals surface area contributed by atoms with Crippen LogP contribution in [0.5, 0.6) is 0 Å². The molecule has 1 aliphatic heterocycles. The maximum atomic E-state index is 11.9. The van der Waals surface area contributed by atoms with E-state index in [1.165, 1.54) is 0 Å². The summed E-state index contributed by atoms with van der Waals surface area (Å²) in [7, 11) is 0. The van der Waals surface area contributed by atoms with Gasteiger partial charge in [-0.1, -0.05) is 12.1 Å². The van der Waals surface area contributed by atoms with Crippen LogP contribution in [-0.4, -0.2) is 40.3 Å². The Kier molecular flexibility index (Phi) is 3.12. The van der Waals surface area contributed by atoms with E-state index >= 15 is 0 Å². The molecule has 1 saturated carbocycles. The second-order valence-corrected chi connectivity index (χ2v) is 6.32. The van der Waals surface area contributed by atoms with Gasteiger partial charge in [0.25, 0.3) is 0 Å². The van der Waals surface area contributed by atoms with Gasteiger partial charge in [0.05, 0.1) is 11.6 Å². The lowest BCUT2D eigenvalue weighted by Crippen LogP contribution is -2.30. The van der Waals surface area contributed by atoms with Gasteiger partial charge in [-0.15, -0.1) is 0 Å². The van der Waals surface area contributed by atoms with Gasteiger partial charge >= 0.3 is 5.76 Å². The Bertz CT molecular complexity index is 705. The predicted molar refractivity (Wildman–Crippen MR) is 79.1 cm³/mol. The molecule has 3 unspecified atom stereocenters. The number of aliphatic hydroxyl groups excluding tert-OH is 1. The molecule has 112 valence electrons. The minimum absolute atomic E-state index is 0.127. The van der Waals surface area contributed by atoms with Crippen LogP contribution in [0.25, 0.3) is 11.1 Å². The van der Waals surface area contributed by atoms with Gasteiger partial charge in [0, 0.05) is 32.1 Å². The fraction of sp³-hybridized carbons (Fsp3) is 0.562. The number of aromatic nitrogens is 1. The number of rotatable bonds is 3. The Morgan fingerprint density at radius 2 is 2.05 bits per heavy atom. The Hall–Kier alpha value is -1.59. The number of benzene rings is 1. The second-order valence-electron chi connectivity index (χ2n) is 6.32. The summed E-state index contributed by atoms with van der Waals surface area (Å²) < 4.78 is 6.96. The molecular weight excluding hydrogens is 268 g/mol. The third kappa shape index (κ3) is 2.21. The maximum absolute atomic E-state index is 11.9. The van der Waals surface area contributed by atoms with E-state index in [1.807, 2.05) is 24.3 Å². The first-order valence-electron chi connectivity index (χ1n) is 7.71. The first-order valence-corrected chi connectivity index (χ1v) is 7.71. The normalized spacial score (nSPS) is 29.3. The lowest BCUT2D eigenvalue weighted by Gasteiger charge is -2.17. The van der Waals surface area contributed by atoms with Crippen LogP contribution in [0.4, 0.5) is 0 Å². The zero-order chi connectivity index (χ0) is 14.4. The number of likely N-dealkylation sites (tertiary alicyclic amines) is 1. The molecule has 21 heavy (non-hydrogen) atoms. The van der Waals surface area contributed by atoms with Crippen molar-refractivity contribution >= 4 is 11.1 Å². The van der Waals surface area contributed by atoms with Crippen molar-refractivity contribution in [2.45, 2.75) is 25.5 Å². The van der Waals surface area contributed by atoms with Crippen molar-refractivity contribution in [2.75, 3.05) is 19.6 Å². The Morgan fingerprint density at radius 1 is 1.19 bits per heavy atom. The van der Waals surface area contributed by atoms with Crippen LogP contribution >= 0.6 is 0 Å². The smallest absolute Gasteiger partial charge is 0.408 e. The van der Waals surface area contributed by atoms with Crippen molar-refractivity contribution < 1.29 is 9.52 Å². The topological polar surface area (TPSA) is 58.6 Å². The SMILES string of the molecule is O=c1oc2ccccc2n1CCN1CC2CCC(O)C2C1. The second kappa shape index (κ2) is 5.00. The summed E-state index contributed by atoms with van der Waals surface area (Å²) in [6.45, 7) is 3.48. The summed E-state index contributed by atoms with van der Waals surface area (Å²) in [5, 5.41) is 9.96. The monoisotopic (exact) mass is 288 g/mol. The lowest BCUT2D eigenvalue weighted by molar-refractivity contribution is 0.124. The first-order chi connectivity index (χ1) is 10.2. The molecule has 0 radical (unpaired) electrons. The molecule has 0 bridgehead atoms. The quantitative estimate of drug-likeness (QED) is 0.925. The molecule has 0 amide bonds. The highest BCUT2D eigenvalue weighted by molar-refractivity contribution is 5.72. The Labute approximate surface area is 122 Å². The minimum Gasteiger partial charge on any atom is -0.408 e. The van der Waals surface area contributed by atoms with Gasteiger partial charge in [-0.05, 0) is 30.9 Å². The molecule has 1 aliphatic carbocycles. The summed E-state index contributed by atoms with van der Waals surface area (Å²) in [4.78, 5) is 14.3. The molecule has 3 atom stereocenters. The molecule has 2 fully saturated rings. The Morgan fingerprint density at radius 3 is 2.90 bits per heavy atom. The molecule has 1 aromatic heterocycles. The third-order valence-corrected chi connectivity index (χ3v) is 5.11.